The van der Waals surface area contributed by atoms with E-state index in [1.807, 2.05) is 29.8 Å². The number of halogens is 1. The predicted octanol–water partition coefficient (Wildman–Crippen LogP) is 2.12. The first-order valence-corrected chi connectivity index (χ1v) is 5.27. The number of nitrogens with two attached hydrogens (primary N) is 1. The van der Waals surface area contributed by atoms with Crippen LogP contribution in [0.3, 0.4) is 0 Å². The highest BCUT2D eigenvalue weighted by molar-refractivity contribution is 7.80. The second-order valence-corrected chi connectivity index (χ2v) is 4.40. The molecule has 0 aromatic carbocycles. The molecule has 2 N–H and O–H groups in total. The van der Waals surface area contributed by atoms with Gasteiger partial charge in [-0.3, -0.25) is 0 Å². The van der Waals surface area contributed by atoms with Gasteiger partial charge < -0.3 is 10.1 Å². The SMILES string of the molecule is Cc1cc(Cl)c2nc(CC(N)=S)cn2c1. The molecule has 0 saturated carbocycles. The molecule has 3 nitrogen and oxygen atoms in total. The fourth-order valence-corrected chi connectivity index (χ4v) is 1.96. The fourth-order valence-electron chi connectivity index (χ4n) is 1.50. The third-order valence-corrected chi connectivity index (χ3v) is 2.47. The number of hydrogen-bond donors (Lipinski definition) is 1. The minimum Gasteiger partial charge on any atom is -0.393 e. The van der Waals surface area contributed by atoms with Crippen molar-refractivity contribution < 1.29 is 0 Å². The summed E-state index contributed by atoms with van der Waals surface area (Å²) in [5.41, 5.74) is 8.14. The Balaban J connectivity index is 2.55. The largest absolute Gasteiger partial charge is 0.393 e. The Morgan fingerprint density at radius 1 is 1.60 bits per heavy atom. The summed E-state index contributed by atoms with van der Waals surface area (Å²) in [5, 5.41) is 0.643. The lowest BCUT2D eigenvalue weighted by atomic mass is 10.3. The van der Waals surface area contributed by atoms with Crippen LogP contribution in [0.4, 0.5) is 0 Å². The van der Waals surface area contributed by atoms with Crippen LogP contribution in [0, 0.1) is 6.92 Å². The lowest BCUT2D eigenvalue weighted by molar-refractivity contribution is 1.15. The average molecular weight is 240 g/mol. The van der Waals surface area contributed by atoms with Crippen molar-refractivity contribution in [2.24, 2.45) is 5.73 Å². The quantitative estimate of drug-likeness (QED) is 0.817. The van der Waals surface area contributed by atoms with Gasteiger partial charge in [0.2, 0.25) is 0 Å². The van der Waals surface area contributed by atoms with Crippen LogP contribution in [0.15, 0.2) is 18.5 Å². The highest BCUT2D eigenvalue weighted by Gasteiger charge is 2.06. The van der Waals surface area contributed by atoms with Gasteiger partial charge >= 0.3 is 0 Å². The lowest BCUT2D eigenvalue weighted by Crippen LogP contribution is -2.11. The third-order valence-electron chi connectivity index (χ3n) is 2.05. The van der Waals surface area contributed by atoms with Crippen molar-refractivity contribution in [2.45, 2.75) is 13.3 Å². The summed E-state index contributed by atoms with van der Waals surface area (Å²) >= 11 is 10.9. The molecule has 0 saturated heterocycles. The van der Waals surface area contributed by atoms with Gasteiger partial charge in [-0.05, 0) is 18.6 Å². The molecule has 0 radical (unpaired) electrons. The molecule has 0 aliphatic carbocycles. The van der Waals surface area contributed by atoms with E-state index < -0.39 is 0 Å². The van der Waals surface area contributed by atoms with E-state index in [1.165, 1.54) is 0 Å². The Labute approximate surface area is 97.9 Å². The van der Waals surface area contributed by atoms with Gasteiger partial charge in [-0.1, -0.05) is 23.8 Å². The van der Waals surface area contributed by atoms with Crippen molar-refractivity contribution in [3.8, 4) is 0 Å². The maximum atomic E-state index is 6.06. The summed E-state index contributed by atoms with van der Waals surface area (Å²) in [5.74, 6) is 0. The topological polar surface area (TPSA) is 43.3 Å². The molecule has 15 heavy (non-hydrogen) atoms. The van der Waals surface area contributed by atoms with Crippen LogP contribution in [0.5, 0.6) is 0 Å². The molecular formula is C10H10ClN3S. The minimum atomic E-state index is 0.436. The van der Waals surface area contributed by atoms with Gasteiger partial charge in [0.15, 0.2) is 5.65 Å². The van der Waals surface area contributed by atoms with E-state index in [1.54, 1.807) is 0 Å². The monoisotopic (exact) mass is 239 g/mol. The van der Waals surface area contributed by atoms with Crippen molar-refractivity contribution >= 4 is 34.5 Å². The van der Waals surface area contributed by atoms with Crippen molar-refractivity contribution in [1.29, 1.82) is 0 Å². The van der Waals surface area contributed by atoms with Crippen LogP contribution in [0.2, 0.25) is 5.02 Å². The van der Waals surface area contributed by atoms with Crippen molar-refractivity contribution in [3.05, 3.63) is 34.7 Å². The van der Waals surface area contributed by atoms with Gasteiger partial charge in [-0.2, -0.15) is 0 Å². The van der Waals surface area contributed by atoms with Crippen LogP contribution in [-0.2, 0) is 6.42 Å². The summed E-state index contributed by atoms with van der Waals surface area (Å²) in [6.45, 7) is 1.98. The maximum absolute atomic E-state index is 6.06. The van der Waals surface area contributed by atoms with Gasteiger partial charge in [-0.25, -0.2) is 4.98 Å². The summed E-state index contributed by atoms with van der Waals surface area (Å²) in [7, 11) is 0. The number of pyridine rings is 1. The Kier molecular flexibility index (Phi) is 2.63. The van der Waals surface area contributed by atoms with Crippen LogP contribution < -0.4 is 5.73 Å². The summed E-state index contributed by atoms with van der Waals surface area (Å²) in [6.07, 6.45) is 4.37. The molecule has 0 bridgehead atoms. The molecule has 0 amide bonds. The van der Waals surface area contributed by atoms with Crippen molar-refractivity contribution in [3.63, 3.8) is 0 Å². The number of rotatable bonds is 2. The standard InChI is InChI=1S/C10H10ClN3S/c1-6-2-8(11)10-13-7(3-9(12)15)5-14(10)4-6/h2,4-5H,3H2,1H3,(H2,12,15). The third kappa shape index (κ3) is 2.11. The molecule has 0 unspecified atom stereocenters. The lowest BCUT2D eigenvalue weighted by Gasteiger charge is -1.97. The van der Waals surface area contributed by atoms with E-state index in [9.17, 15) is 0 Å². The summed E-state index contributed by atoms with van der Waals surface area (Å²) < 4.78 is 1.89. The number of imidazole rings is 1. The van der Waals surface area contributed by atoms with Crippen molar-refractivity contribution in [1.82, 2.24) is 9.38 Å². The number of fused-ring (bicyclic) bond motifs is 1. The normalized spacial score (nSPS) is 10.8. The zero-order valence-corrected chi connectivity index (χ0v) is 9.77. The van der Waals surface area contributed by atoms with Gasteiger partial charge in [0.1, 0.15) is 0 Å². The average Bonchev–Trinajstić information content (AvgIpc) is 2.45. The summed E-state index contributed by atoms with van der Waals surface area (Å²) in [4.78, 5) is 4.79. The van der Waals surface area contributed by atoms with Crippen molar-refractivity contribution in [2.75, 3.05) is 0 Å². The summed E-state index contributed by atoms with van der Waals surface area (Å²) in [6, 6.07) is 1.88. The predicted molar refractivity (Wildman–Crippen MR) is 65.4 cm³/mol. The molecule has 2 aromatic rings. The number of aromatic nitrogens is 2. The molecule has 0 spiro atoms. The Bertz CT molecular complexity index is 533. The van der Waals surface area contributed by atoms with E-state index >= 15 is 0 Å². The second-order valence-electron chi connectivity index (χ2n) is 3.47. The number of aryl methyl sites for hydroxylation is 1. The van der Waals surface area contributed by atoms with E-state index in [0.29, 0.717) is 16.4 Å². The van der Waals surface area contributed by atoms with Gasteiger partial charge in [-0.15, -0.1) is 0 Å². The molecule has 0 atom stereocenters. The molecule has 5 heteroatoms. The van der Waals surface area contributed by atoms with Gasteiger partial charge in [0.05, 0.1) is 15.7 Å². The van der Waals surface area contributed by atoms with Crippen LogP contribution >= 0.6 is 23.8 Å². The first kappa shape index (κ1) is 10.4. The molecule has 2 aromatic heterocycles. The minimum absolute atomic E-state index is 0.436. The highest BCUT2D eigenvalue weighted by Crippen LogP contribution is 2.18. The van der Waals surface area contributed by atoms with Crippen LogP contribution in [0.25, 0.3) is 5.65 Å². The van der Waals surface area contributed by atoms with Crippen LogP contribution in [0.1, 0.15) is 11.3 Å². The molecule has 0 aliphatic heterocycles. The number of nitrogens with zero attached hydrogens (tertiary/aromatic N) is 2. The molecule has 2 rings (SSSR count). The zero-order valence-electron chi connectivity index (χ0n) is 8.20. The van der Waals surface area contributed by atoms with E-state index in [2.05, 4.69) is 4.98 Å². The van der Waals surface area contributed by atoms with E-state index in [-0.39, 0.29) is 0 Å². The molecule has 0 aliphatic rings. The molecule has 78 valence electrons. The molecular weight excluding hydrogens is 230 g/mol. The Morgan fingerprint density at radius 3 is 3.00 bits per heavy atom. The molecule has 0 fully saturated rings. The first-order chi connectivity index (χ1) is 7.06. The molecule has 2 heterocycles. The van der Waals surface area contributed by atoms with Gasteiger partial charge in [0.25, 0.3) is 0 Å². The zero-order chi connectivity index (χ0) is 11.0. The Morgan fingerprint density at radius 2 is 2.33 bits per heavy atom. The first-order valence-electron chi connectivity index (χ1n) is 4.48. The van der Waals surface area contributed by atoms with Crippen LogP contribution in [-0.4, -0.2) is 14.4 Å². The number of thiocarbonyl (C=S) groups is 1. The van der Waals surface area contributed by atoms with Gasteiger partial charge in [0, 0.05) is 18.8 Å². The number of hydrogen-bond acceptors (Lipinski definition) is 2. The maximum Gasteiger partial charge on any atom is 0.155 e. The smallest absolute Gasteiger partial charge is 0.155 e. The second kappa shape index (κ2) is 3.79. The van der Waals surface area contributed by atoms with E-state index in [4.69, 9.17) is 29.6 Å². The highest BCUT2D eigenvalue weighted by atomic mass is 35.5. The Hall–Kier alpha value is -1.13. The fraction of sp³-hybridized carbons (Fsp3) is 0.200. The van der Waals surface area contributed by atoms with E-state index in [0.717, 1.165) is 16.9 Å².